The van der Waals surface area contributed by atoms with E-state index >= 15 is 0 Å². The van der Waals surface area contributed by atoms with Gasteiger partial charge in [0.2, 0.25) is 0 Å². The minimum atomic E-state index is -0.441. The molecule has 0 spiro atoms. The summed E-state index contributed by atoms with van der Waals surface area (Å²) < 4.78 is 0. The highest BCUT2D eigenvalue weighted by atomic mass is 32.2. The maximum Gasteiger partial charge on any atom is 0.166 e. The zero-order chi connectivity index (χ0) is 10.7. The molecule has 15 heavy (non-hydrogen) atoms. The third kappa shape index (κ3) is 2.29. The number of para-hydroxylation sites is 2. The molecule has 2 rings (SSSR count). The van der Waals surface area contributed by atoms with Gasteiger partial charge in [-0.05, 0) is 12.1 Å². The van der Waals surface area contributed by atoms with Gasteiger partial charge in [-0.15, -0.1) is 0 Å². The minimum absolute atomic E-state index is 0.441. The number of aromatic nitrogens is 2. The van der Waals surface area contributed by atoms with E-state index in [2.05, 4.69) is 9.97 Å². The lowest BCUT2D eigenvalue weighted by Crippen LogP contribution is -2.19. The average Bonchev–Trinajstić information content (AvgIpc) is 2.68. The third-order valence-corrected chi connectivity index (χ3v) is 2.93. The van der Waals surface area contributed by atoms with Crippen LogP contribution in [0.15, 0.2) is 29.4 Å². The number of H-pyrrole nitrogens is 1. The van der Waals surface area contributed by atoms with Crippen LogP contribution in [0.1, 0.15) is 0 Å². The van der Waals surface area contributed by atoms with Crippen LogP contribution in [0.5, 0.6) is 0 Å². The summed E-state index contributed by atoms with van der Waals surface area (Å²) in [4.78, 5) is 7.52. The van der Waals surface area contributed by atoms with Gasteiger partial charge in [0.25, 0.3) is 0 Å². The van der Waals surface area contributed by atoms with E-state index in [1.54, 1.807) is 0 Å². The highest BCUT2D eigenvalue weighted by molar-refractivity contribution is 7.99. The van der Waals surface area contributed by atoms with Gasteiger partial charge in [-0.1, -0.05) is 23.9 Å². The summed E-state index contributed by atoms with van der Waals surface area (Å²) in [7, 11) is 0. The van der Waals surface area contributed by atoms with E-state index in [4.69, 9.17) is 11.0 Å². The van der Waals surface area contributed by atoms with Crippen LogP contribution in [-0.4, -0.2) is 21.8 Å². The first-order valence-corrected chi connectivity index (χ1v) is 5.51. The van der Waals surface area contributed by atoms with E-state index in [1.807, 2.05) is 30.3 Å². The van der Waals surface area contributed by atoms with Gasteiger partial charge in [0, 0.05) is 5.75 Å². The topological polar surface area (TPSA) is 78.5 Å². The van der Waals surface area contributed by atoms with Crippen molar-refractivity contribution in [3.8, 4) is 6.07 Å². The van der Waals surface area contributed by atoms with Crippen LogP contribution in [-0.2, 0) is 0 Å². The normalized spacial score (nSPS) is 12.5. The molecule has 0 amide bonds. The fourth-order valence-electron chi connectivity index (χ4n) is 1.20. The molecule has 0 aliphatic rings. The molecule has 1 aromatic heterocycles. The summed E-state index contributed by atoms with van der Waals surface area (Å²) in [5.74, 6) is 0.552. The van der Waals surface area contributed by atoms with E-state index in [9.17, 15) is 0 Å². The Kier molecular flexibility index (Phi) is 2.90. The van der Waals surface area contributed by atoms with Gasteiger partial charge < -0.3 is 10.7 Å². The third-order valence-electron chi connectivity index (χ3n) is 1.93. The first-order valence-electron chi connectivity index (χ1n) is 4.52. The number of fused-ring (bicyclic) bond motifs is 1. The summed E-state index contributed by atoms with van der Waals surface area (Å²) in [6.07, 6.45) is 0. The number of hydrogen-bond donors (Lipinski definition) is 2. The molecule has 1 unspecified atom stereocenters. The first-order chi connectivity index (χ1) is 7.29. The molecule has 0 saturated carbocycles. The number of rotatable bonds is 3. The molecule has 0 aliphatic heterocycles. The highest BCUT2D eigenvalue weighted by Crippen LogP contribution is 2.19. The van der Waals surface area contributed by atoms with Crippen molar-refractivity contribution in [3.05, 3.63) is 24.3 Å². The summed E-state index contributed by atoms with van der Waals surface area (Å²) >= 11 is 1.46. The van der Waals surface area contributed by atoms with Crippen LogP contribution in [0.4, 0.5) is 0 Å². The van der Waals surface area contributed by atoms with E-state index in [0.717, 1.165) is 16.2 Å². The minimum Gasteiger partial charge on any atom is -0.333 e. The monoisotopic (exact) mass is 218 g/mol. The van der Waals surface area contributed by atoms with Crippen LogP contribution < -0.4 is 5.73 Å². The van der Waals surface area contributed by atoms with Crippen molar-refractivity contribution in [2.45, 2.75) is 11.2 Å². The predicted molar refractivity (Wildman–Crippen MR) is 60.4 cm³/mol. The van der Waals surface area contributed by atoms with Gasteiger partial charge in [0.15, 0.2) is 5.16 Å². The molecule has 1 heterocycles. The van der Waals surface area contributed by atoms with Crippen molar-refractivity contribution in [2.24, 2.45) is 5.73 Å². The zero-order valence-corrected chi connectivity index (χ0v) is 8.79. The number of nitrogens with one attached hydrogen (secondary N) is 1. The molecule has 2 aromatic rings. The number of benzene rings is 1. The summed E-state index contributed by atoms with van der Waals surface area (Å²) in [5, 5.41) is 9.34. The molecule has 76 valence electrons. The Morgan fingerprint density at radius 2 is 2.33 bits per heavy atom. The molecule has 1 atom stereocenters. The summed E-state index contributed by atoms with van der Waals surface area (Å²) in [5.41, 5.74) is 7.43. The lowest BCUT2D eigenvalue weighted by molar-refractivity contribution is 0.946. The number of nitriles is 1. The number of hydrogen-bond acceptors (Lipinski definition) is 4. The van der Waals surface area contributed by atoms with Gasteiger partial charge in [0.05, 0.1) is 17.1 Å². The maximum atomic E-state index is 8.53. The summed E-state index contributed by atoms with van der Waals surface area (Å²) in [6, 6.07) is 9.35. The van der Waals surface area contributed by atoms with E-state index in [-0.39, 0.29) is 0 Å². The summed E-state index contributed by atoms with van der Waals surface area (Å²) in [6.45, 7) is 0. The Hall–Kier alpha value is -1.51. The molecule has 0 aliphatic carbocycles. The molecule has 4 nitrogen and oxygen atoms in total. The molecule has 0 radical (unpaired) electrons. The van der Waals surface area contributed by atoms with Gasteiger partial charge in [-0.25, -0.2) is 4.98 Å². The largest absolute Gasteiger partial charge is 0.333 e. The zero-order valence-electron chi connectivity index (χ0n) is 7.97. The smallest absolute Gasteiger partial charge is 0.166 e. The molecule has 0 fully saturated rings. The molecular formula is C10H10N4S. The van der Waals surface area contributed by atoms with Crippen LogP contribution in [0.25, 0.3) is 11.0 Å². The number of imidazole rings is 1. The molecule has 0 saturated heterocycles. The lowest BCUT2D eigenvalue weighted by Gasteiger charge is -1.97. The predicted octanol–water partition coefficient (Wildman–Crippen LogP) is 1.51. The Morgan fingerprint density at radius 1 is 1.53 bits per heavy atom. The van der Waals surface area contributed by atoms with Crippen LogP contribution in [0.3, 0.4) is 0 Å². The maximum absolute atomic E-state index is 8.53. The van der Waals surface area contributed by atoms with Gasteiger partial charge >= 0.3 is 0 Å². The van der Waals surface area contributed by atoms with Crippen LogP contribution in [0.2, 0.25) is 0 Å². The van der Waals surface area contributed by atoms with Crippen LogP contribution >= 0.6 is 11.8 Å². The van der Waals surface area contributed by atoms with E-state index in [0.29, 0.717) is 5.75 Å². The van der Waals surface area contributed by atoms with Crippen molar-refractivity contribution in [2.75, 3.05) is 5.75 Å². The molecule has 3 N–H and O–H groups in total. The molecule has 5 heteroatoms. The second kappa shape index (κ2) is 4.34. The van der Waals surface area contributed by atoms with Crippen molar-refractivity contribution >= 4 is 22.8 Å². The van der Waals surface area contributed by atoms with Crippen molar-refractivity contribution in [1.29, 1.82) is 5.26 Å². The molecule has 1 aromatic carbocycles. The SMILES string of the molecule is N#CC(N)CSc1nc2ccccc2[nH]1. The van der Waals surface area contributed by atoms with Crippen LogP contribution in [0, 0.1) is 11.3 Å². The Labute approximate surface area is 91.5 Å². The molecule has 0 bridgehead atoms. The fourth-order valence-corrected chi connectivity index (χ4v) is 1.96. The quantitative estimate of drug-likeness (QED) is 0.765. The second-order valence-electron chi connectivity index (χ2n) is 3.11. The van der Waals surface area contributed by atoms with Crippen molar-refractivity contribution < 1.29 is 0 Å². The van der Waals surface area contributed by atoms with Crippen molar-refractivity contribution in [3.63, 3.8) is 0 Å². The second-order valence-corrected chi connectivity index (χ2v) is 4.11. The number of thioether (sulfide) groups is 1. The fraction of sp³-hybridized carbons (Fsp3) is 0.200. The van der Waals surface area contributed by atoms with Gasteiger partial charge in [-0.2, -0.15) is 5.26 Å². The standard InChI is InChI=1S/C10H10N4S/c11-5-7(12)6-15-10-13-8-3-1-2-4-9(8)14-10/h1-4,7H,6,12H2,(H,13,14). The highest BCUT2D eigenvalue weighted by Gasteiger charge is 2.05. The number of aromatic amines is 1. The van der Waals surface area contributed by atoms with E-state index < -0.39 is 6.04 Å². The lowest BCUT2D eigenvalue weighted by atomic mass is 10.3. The van der Waals surface area contributed by atoms with Crippen molar-refractivity contribution in [1.82, 2.24) is 9.97 Å². The van der Waals surface area contributed by atoms with Gasteiger partial charge in [-0.3, -0.25) is 0 Å². The Balaban J connectivity index is 2.13. The average molecular weight is 218 g/mol. The number of nitrogens with zero attached hydrogens (tertiary/aromatic N) is 2. The first kappa shape index (κ1) is 10.0. The van der Waals surface area contributed by atoms with Gasteiger partial charge in [0.1, 0.15) is 6.04 Å². The van der Waals surface area contributed by atoms with E-state index in [1.165, 1.54) is 11.8 Å². The number of nitrogens with two attached hydrogens (primary N) is 1. The molecular weight excluding hydrogens is 208 g/mol. The Bertz CT molecular complexity index is 466. The Morgan fingerprint density at radius 3 is 3.07 bits per heavy atom.